The molecule has 0 unspecified atom stereocenters. The van der Waals surface area contributed by atoms with Gasteiger partial charge in [-0.3, -0.25) is 9.78 Å². The predicted molar refractivity (Wildman–Crippen MR) is 78.5 cm³/mol. The molecule has 0 bridgehead atoms. The van der Waals surface area contributed by atoms with Gasteiger partial charge < -0.3 is 5.32 Å². The number of hydrogen-bond acceptors (Lipinski definition) is 3. The summed E-state index contributed by atoms with van der Waals surface area (Å²) in [6, 6.07) is 8.67. The Bertz CT molecular complexity index is 629. The lowest BCUT2D eigenvalue weighted by atomic mass is 10.1. The predicted octanol–water partition coefficient (Wildman–Crippen LogP) is 4.18. The van der Waals surface area contributed by atoms with Crippen molar-refractivity contribution in [1.82, 2.24) is 10.3 Å². The highest BCUT2D eigenvalue weighted by molar-refractivity contribution is 8.00. The van der Waals surface area contributed by atoms with Gasteiger partial charge in [-0.25, -0.2) is 0 Å². The number of carbonyl (C=O) groups is 1. The van der Waals surface area contributed by atoms with Gasteiger partial charge in [0.2, 0.25) is 0 Å². The second-order valence-electron chi connectivity index (χ2n) is 4.55. The first-order valence-corrected chi connectivity index (χ1v) is 7.23. The lowest BCUT2D eigenvalue weighted by Crippen LogP contribution is -2.26. The molecule has 1 aromatic heterocycles. The number of carbonyl (C=O) groups excluding carboxylic acids is 1. The van der Waals surface area contributed by atoms with Crippen LogP contribution in [0.5, 0.6) is 0 Å². The molecule has 1 atom stereocenters. The van der Waals surface area contributed by atoms with Crippen molar-refractivity contribution in [2.45, 2.75) is 23.4 Å². The molecule has 1 heterocycles. The Morgan fingerprint density at radius 1 is 1.14 bits per heavy atom. The number of nitrogens with zero attached hydrogens (tertiary/aromatic N) is 1. The number of thioether (sulfide) groups is 1. The van der Waals surface area contributed by atoms with Crippen LogP contribution in [0, 0.1) is 0 Å². The molecule has 1 aromatic carbocycles. The molecule has 2 aromatic rings. The highest BCUT2D eigenvalue weighted by Crippen LogP contribution is 2.36. The van der Waals surface area contributed by atoms with E-state index in [1.807, 2.05) is 6.92 Å². The summed E-state index contributed by atoms with van der Waals surface area (Å²) in [6.45, 7) is 1.82. The molecule has 0 saturated carbocycles. The van der Waals surface area contributed by atoms with Crippen molar-refractivity contribution >= 4 is 17.7 Å². The lowest BCUT2D eigenvalue weighted by Gasteiger charge is -2.14. The molecule has 1 amide bonds. The molecular weight excluding hydrogens is 313 g/mol. The van der Waals surface area contributed by atoms with Gasteiger partial charge in [0.25, 0.3) is 5.91 Å². The summed E-state index contributed by atoms with van der Waals surface area (Å²) >= 11 is -0.207. The number of benzene rings is 1. The van der Waals surface area contributed by atoms with E-state index in [1.54, 1.807) is 24.5 Å². The molecule has 0 aliphatic rings. The van der Waals surface area contributed by atoms with Crippen molar-refractivity contribution in [2.75, 3.05) is 0 Å². The first-order chi connectivity index (χ1) is 10.3. The molecule has 2 rings (SSSR count). The van der Waals surface area contributed by atoms with E-state index in [9.17, 15) is 18.0 Å². The summed E-state index contributed by atoms with van der Waals surface area (Å²) in [4.78, 5) is 16.0. The van der Waals surface area contributed by atoms with Gasteiger partial charge >= 0.3 is 5.51 Å². The minimum absolute atomic E-state index is 0.0474. The monoisotopic (exact) mass is 326 g/mol. The zero-order chi connectivity index (χ0) is 16.2. The zero-order valence-corrected chi connectivity index (χ0v) is 12.4. The molecule has 0 fully saturated rings. The van der Waals surface area contributed by atoms with Crippen molar-refractivity contribution in [3.8, 4) is 0 Å². The van der Waals surface area contributed by atoms with Crippen LogP contribution in [0.15, 0.2) is 53.7 Å². The van der Waals surface area contributed by atoms with Crippen molar-refractivity contribution in [2.24, 2.45) is 0 Å². The lowest BCUT2D eigenvalue weighted by molar-refractivity contribution is -0.0328. The molecule has 0 saturated heterocycles. The third kappa shape index (κ3) is 4.77. The third-order valence-electron chi connectivity index (χ3n) is 2.90. The van der Waals surface area contributed by atoms with Crippen LogP contribution in [0.3, 0.4) is 0 Å². The standard InChI is InChI=1S/C15H13F3N2OS/c1-10(11-6-8-19-9-7-11)20-14(21)12-2-4-13(5-3-12)22-15(16,17)18/h2-10H,1H3,(H,20,21)/t10-/m0/s1. The topological polar surface area (TPSA) is 42.0 Å². The van der Waals surface area contributed by atoms with E-state index in [0.717, 1.165) is 5.56 Å². The molecular formula is C15H13F3N2OS. The number of aromatic nitrogens is 1. The SMILES string of the molecule is C[C@H](NC(=O)c1ccc(SC(F)(F)F)cc1)c1ccncc1. The number of alkyl halides is 3. The maximum atomic E-state index is 12.2. The summed E-state index contributed by atoms with van der Waals surface area (Å²) in [5.74, 6) is -0.340. The van der Waals surface area contributed by atoms with E-state index in [0.29, 0.717) is 5.56 Å². The second kappa shape index (κ2) is 6.83. The van der Waals surface area contributed by atoms with E-state index >= 15 is 0 Å². The zero-order valence-electron chi connectivity index (χ0n) is 11.6. The van der Waals surface area contributed by atoms with E-state index < -0.39 is 5.51 Å². The van der Waals surface area contributed by atoms with Crippen molar-refractivity contribution in [1.29, 1.82) is 0 Å². The van der Waals surface area contributed by atoms with Crippen LogP contribution >= 0.6 is 11.8 Å². The molecule has 116 valence electrons. The summed E-state index contributed by atoms with van der Waals surface area (Å²) < 4.78 is 36.7. The Labute approximate surface area is 129 Å². The largest absolute Gasteiger partial charge is 0.446 e. The number of halogens is 3. The quantitative estimate of drug-likeness (QED) is 0.857. The number of rotatable bonds is 4. The van der Waals surface area contributed by atoms with Crippen LogP contribution in [0.25, 0.3) is 0 Å². The Kier molecular flexibility index (Phi) is 5.07. The second-order valence-corrected chi connectivity index (χ2v) is 5.69. The highest BCUT2D eigenvalue weighted by atomic mass is 32.2. The summed E-state index contributed by atoms with van der Waals surface area (Å²) in [7, 11) is 0. The van der Waals surface area contributed by atoms with Gasteiger partial charge in [-0.1, -0.05) is 0 Å². The molecule has 0 spiro atoms. The van der Waals surface area contributed by atoms with Gasteiger partial charge in [0.1, 0.15) is 0 Å². The van der Waals surface area contributed by atoms with Gasteiger partial charge in [0.05, 0.1) is 6.04 Å². The fraction of sp³-hybridized carbons (Fsp3) is 0.200. The number of nitrogens with one attached hydrogen (secondary N) is 1. The average molecular weight is 326 g/mol. The first kappa shape index (κ1) is 16.4. The normalized spacial score (nSPS) is 12.7. The van der Waals surface area contributed by atoms with Gasteiger partial charge in [0.15, 0.2) is 0 Å². The Balaban J connectivity index is 2.01. The van der Waals surface area contributed by atoms with E-state index in [2.05, 4.69) is 10.3 Å². The molecule has 7 heteroatoms. The molecule has 3 nitrogen and oxygen atoms in total. The fourth-order valence-corrected chi connectivity index (χ4v) is 2.36. The minimum Gasteiger partial charge on any atom is -0.346 e. The molecule has 0 radical (unpaired) electrons. The van der Waals surface area contributed by atoms with Gasteiger partial charge in [-0.05, 0) is 60.6 Å². The molecule has 0 aliphatic heterocycles. The van der Waals surface area contributed by atoms with E-state index in [-0.39, 0.29) is 28.6 Å². The van der Waals surface area contributed by atoms with Gasteiger partial charge in [-0.15, -0.1) is 0 Å². The molecule has 22 heavy (non-hydrogen) atoms. The van der Waals surface area contributed by atoms with E-state index in [1.165, 1.54) is 24.3 Å². The van der Waals surface area contributed by atoms with Crippen LogP contribution in [-0.2, 0) is 0 Å². The number of pyridine rings is 1. The summed E-state index contributed by atoms with van der Waals surface area (Å²) in [5.41, 5.74) is -3.13. The summed E-state index contributed by atoms with van der Waals surface area (Å²) in [5, 5.41) is 2.78. The first-order valence-electron chi connectivity index (χ1n) is 6.42. The Morgan fingerprint density at radius 3 is 2.27 bits per heavy atom. The smallest absolute Gasteiger partial charge is 0.346 e. The molecule has 0 aliphatic carbocycles. The Morgan fingerprint density at radius 2 is 1.73 bits per heavy atom. The van der Waals surface area contributed by atoms with E-state index in [4.69, 9.17) is 0 Å². The number of hydrogen-bond donors (Lipinski definition) is 1. The minimum atomic E-state index is -4.33. The number of amides is 1. The van der Waals surface area contributed by atoms with Crippen molar-refractivity contribution in [3.05, 3.63) is 59.9 Å². The third-order valence-corrected chi connectivity index (χ3v) is 3.64. The van der Waals surface area contributed by atoms with Crippen LogP contribution < -0.4 is 5.32 Å². The maximum Gasteiger partial charge on any atom is 0.446 e. The van der Waals surface area contributed by atoms with Crippen LogP contribution in [-0.4, -0.2) is 16.4 Å². The van der Waals surface area contributed by atoms with Crippen molar-refractivity contribution in [3.63, 3.8) is 0 Å². The van der Waals surface area contributed by atoms with Crippen LogP contribution in [0.4, 0.5) is 13.2 Å². The fourth-order valence-electron chi connectivity index (χ4n) is 1.82. The van der Waals surface area contributed by atoms with Crippen LogP contribution in [0.1, 0.15) is 28.9 Å². The van der Waals surface area contributed by atoms with Crippen molar-refractivity contribution < 1.29 is 18.0 Å². The molecule has 1 N–H and O–H groups in total. The van der Waals surface area contributed by atoms with Crippen LogP contribution in [0.2, 0.25) is 0 Å². The van der Waals surface area contributed by atoms with Gasteiger partial charge in [-0.2, -0.15) is 13.2 Å². The maximum absolute atomic E-state index is 12.2. The van der Waals surface area contributed by atoms with Gasteiger partial charge in [0, 0.05) is 22.9 Å². The summed E-state index contributed by atoms with van der Waals surface area (Å²) in [6.07, 6.45) is 3.25. The Hall–Kier alpha value is -2.02. The average Bonchev–Trinajstić information content (AvgIpc) is 2.47. The highest BCUT2D eigenvalue weighted by Gasteiger charge is 2.29.